The molecule has 0 N–H and O–H groups in total. The van der Waals surface area contributed by atoms with Crippen molar-refractivity contribution in [2.75, 3.05) is 12.1 Å². The Bertz CT molecular complexity index is 1140. The van der Waals surface area contributed by atoms with Gasteiger partial charge in [0.15, 0.2) is 0 Å². The molecule has 0 aliphatic heterocycles. The molecule has 120 valence electrons. The molecule has 0 aliphatic rings. The summed E-state index contributed by atoms with van der Waals surface area (Å²) in [7, 11) is 1.77. The molecule has 0 aliphatic carbocycles. The molecule has 6 nitrogen and oxygen atoms in total. The summed E-state index contributed by atoms with van der Waals surface area (Å²) in [5, 5.41) is 7.36. The Morgan fingerprint density at radius 1 is 1.21 bits per heavy atom. The maximum absolute atomic E-state index is 12.9. The van der Waals surface area contributed by atoms with Crippen molar-refractivity contribution in [3.8, 4) is 0 Å². The normalized spacial score (nSPS) is 11.3. The molecule has 0 saturated carbocycles. The Balaban J connectivity index is 1.97. The van der Waals surface area contributed by atoms with Crippen molar-refractivity contribution in [3.63, 3.8) is 0 Å². The van der Waals surface area contributed by atoms with Crippen LogP contribution in [0.4, 0.5) is 5.69 Å². The first-order valence-electron chi connectivity index (χ1n) is 7.10. The van der Waals surface area contributed by atoms with Gasteiger partial charge in [0.1, 0.15) is 0 Å². The fourth-order valence-corrected chi connectivity index (χ4v) is 3.12. The Morgan fingerprint density at radius 2 is 2.04 bits per heavy atom. The highest BCUT2D eigenvalue weighted by atomic mass is 79.9. The van der Waals surface area contributed by atoms with Gasteiger partial charge in [-0.05, 0) is 36.4 Å². The predicted octanol–water partition coefficient (Wildman–Crippen LogP) is 3.36. The van der Waals surface area contributed by atoms with Gasteiger partial charge in [0.2, 0.25) is 0 Å². The largest absolute Gasteiger partial charge is 0.372 e. The van der Waals surface area contributed by atoms with Gasteiger partial charge in [-0.1, -0.05) is 33.6 Å². The fourth-order valence-electron chi connectivity index (χ4n) is 2.57. The van der Waals surface area contributed by atoms with Crippen LogP contribution < -0.4 is 10.7 Å². The molecule has 0 amide bonds. The molecule has 0 fully saturated rings. The molecule has 2 aromatic carbocycles. The number of halogens is 2. The van der Waals surface area contributed by atoms with E-state index in [-0.39, 0.29) is 5.69 Å². The summed E-state index contributed by atoms with van der Waals surface area (Å²) in [5.41, 5.74) is 1.18. The summed E-state index contributed by atoms with van der Waals surface area (Å²) >= 11 is 9.51. The van der Waals surface area contributed by atoms with Crippen LogP contribution in [0, 0.1) is 0 Å². The molecule has 8 heteroatoms. The van der Waals surface area contributed by atoms with Crippen LogP contribution in [-0.2, 0) is 0 Å². The molecule has 24 heavy (non-hydrogen) atoms. The second-order valence-corrected chi connectivity index (χ2v) is 6.62. The van der Waals surface area contributed by atoms with Crippen molar-refractivity contribution in [1.29, 1.82) is 0 Å². The second-order valence-electron chi connectivity index (χ2n) is 5.27. The van der Waals surface area contributed by atoms with Gasteiger partial charge in [0.25, 0.3) is 5.78 Å². The highest BCUT2D eigenvalue weighted by Crippen LogP contribution is 2.20. The molecule has 0 saturated heterocycles. The Morgan fingerprint density at radius 3 is 2.83 bits per heavy atom. The number of fused-ring (bicyclic) bond motifs is 3. The quantitative estimate of drug-likeness (QED) is 0.514. The zero-order valence-electron chi connectivity index (χ0n) is 12.5. The van der Waals surface area contributed by atoms with Gasteiger partial charge in [0, 0.05) is 28.1 Å². The van der Waals surface area contributed by atoms with Crippen LogP contribution in [0.5, 0.6) is 0 Å². The maximum Gasteiger partial charge on any atom is 0.372 e. The number of anilines is 1. The third-order valence-corrected chi connectivity index (χ3v) is 4.49. The van der Waals surface area contributed by atoms with Crippen molar-refractivity contribution >= 4 is 49.9 Å². The van der Waals surface area contributed by atoms with Gasteiger partial charge in [0.05, 0.1) is 11.2 Å². The standard InChI is InChI=1S/C16H11BrClN5O/c1-21(13-4-2-3-11(17)7-13)23-16(24)22-14-8-12(18)6-5-10(14)9-19-15(22)20-23/h2-9H,1H3. The molecule has 4 rings (SSSR count). The van der Waals surface area contributed by atoms with Gasteiger partial charge in [-0.25, -0.2) is 14.2 Å². The van der Waals surface area contributed by atoms with Gasteiger partial charge in [-0.3, -0.25) is 5.01 Å². The van der Waals surface area contributed by atoms with E-state index in [2.05, 4.69) is 26.0 Å². The molecule has 2 heterocycles. The summed E-state index contributed by atoms with van der Waals surface area (Å²) in [4.78, 5) is 18.4. The lowest BCUT2D eigenvalue weighted by atomic mass is 10.2. The minimum atomic E-state index is -0.312. The molecule has 0 unspecified atom stereocenters. The van der Waals surface area contributed by atoms with E-state index in [0.717, 1.165) is 15.5 Å². The van der Waals surface area contributed by atoms with E-state index in [9.17, 15) is 4.79 Å². The Labute approximate surface area is 150 Å². The second kappa shape index (κ2) is 5.61. The van der Waals surface area contributed by atoms with Crippen LogP contribution in [-0.4, -0.2) is 26.3 Å². The lowest BCUT2D eigenvalue weighted by Gasteiger charge is -2.17. The van der Waals surface area contributed by atoms with Gasteiger partial charge in [-0.15, -0.1) is 9.89 Å². The molecular weight excluding hydrogens is 394 g/mol. The zero-order valence-corrected chi connectivity index (χ0v) is 14.9. The van der Waals surface area contributed by atoms with E-state index in [1.165, 1.54) is 9.19 Å². The summed E-state index contributed by atoms with van der Waals surface area (Å²) in [5.74, 6) is 0.316. The molecule has 0 spiro atoms. The van der Waals surface area contributed by atoms with Crippen molar-refractivity contribution in [1.82, 2.24) is 19.3 Å². The minimum absolute atomic E-state index is 0.312. The maximum atomic E-state index is 12.9. The van der Waals surface area contributed by atoms with Crippen molar-refractivity contribution in [2.45, 2.75) is 0 Å². The first-order chi connectivity index (χ1) is 11.5. The lowest BCUT2D eigenvalue weighted by molar-refractivity contribution is 0.645. The van der Waals surface area contributed by atoms with Crippen LogP contribution in [0.1, 0.15) is 0 Å². The van der Waals surface area contributed by atoms with Crippen LogP contribution in [0.25, 0.3) is 16.7 Å². The first-order valence-corrected chi connectivity index (χ1v) is 8.27. The number of rotatable bonds is 2. The number of benzene rings is 2. The Kier molecular flexibility index (Phi) is 3.54. The van der Waals surface area contributed by atoms with Gasteiger partial charge in [-0.2, -0.15) is 0 Å². The summed E-state index contributed by atoms with van der Waals surface area (Å²) in [6, 6.07) is 12.9. The van der Waals surface area contributed by atoms with Crippen molar-refractivity contribution in [3.05, 3.63) is 68.6 Å². The monoisotopic (exact) mass is 403 g/mol. The van der Waals surface area contributed by atoms with E-state index in [4.69, 9.17) is 11.6 Å². The van der Waals surface area contributed by atoms with E-state index in [1.807, 2.05) is 30.3 Å². The number of hydrogen-bond donors (Lipinski definition) is 0. The van der Waals surface area contributed by atoms with Crippen molar-refractivity contribution < 1.29 is 0 Å². The Hall–Kier alpha value is -2.38. The molecule has 4 aromatic rings. The molecule has 0 atom stereocenters. The molecule has 2 aromatic heterocycles. The lowest BCUT2D eigenvalue weighted by Crippen LogP contribution is -2.36. The van der Waals surface area contributed by atoms with Crippen LogP contribution >= 0.6 is 27.5 Å². The summed E-state index contributed by atoms with van der Waals surface area (Å²) in [6.07, 6.45) is 1.68. The van der Waals surface area contributed by atoms with E-state index >= 15 is 0 Å². The van der Waals surface area contributed by atoms with Crippen LogP contribution in [0.2, 0.25) is 5.02 Å². The fraction of sp³-hybridized carbons (Fsp3) is 0.0625. The van der Waals surface area contributed by atoms with Crippen LogP contribution in [0.3, 0.4) is 0 Å². The average Bonchev–Trinajstić information content (AvgIpc) is 2.91. The SMILES string of the molecule is CN(c1cccc(Br)c1)n1nc2ncc3ccc(Cl)cc3n2c1=O. The third-order valence-electron chi connectivity index (χ3n) is 3.77. The van der Waals surface area contributed by atoms with Gasteiger partial charge >= 0.3 is 5.69 Å². The summed E-state index contributed by atoms with van der Waals surface area (Å²) in [6.45, 7) is 0. The van der Waals surface area contributed by atoms with Crippen molar-refractivity contribution in [2.24, 2.45) is 0 Å². The first kappa shape index (κ1) is 15.2. The molecular formula is C16H11BrClN5O. The van der Waals surface area contributed by atoms with Crippen LogP contribution in [0.15, 0.2) is 57.9 Å². The highest BCUT2D eigenvalue weighted by Gasteiger charge is 2.15. The molecule has 0 radical (unpaired) electrons. The van der Waals surface area contributed by atoms with E-state index in [0.29, 0.717) is 16.3 Å². The number of hydrogen-bond acceptors (Lipinski definition) is 4. The highest BCUT2D eigenvalue weighted by molar-refractivity contribution is 9.10. The van der Waals surface area contributed by atoms with E-state index in [1.54, 1.807) is 30.4 Å². The minimum Gasteiger partial charge on any atom is -0.264 e. The van der Waals surface area contributed by atoms with E-state index < -0.39 is 0 Å². The molecule has 0 bridgehead atoms. The summed E-state index contributed by atoms with van der Waals surface area (Å²) < 4.78 is 2.37. The smallest absolute Gasteiger partial charge is 0.264 e. The third kappa shape index (κ3) is 2.37. The number of nitrogens with zero attached hydrogens (tertiary/aromatic N) is 5. The number of aromatic nitrogens is 4. The average molecular weight is 405 g/mol. The zero-order chi connectivity index (χ0) is 16.8. The predicted molar refractivity (Wildman–Crippen MR) is 97.7 cm³/mol. The van der Waals surface area contributed by atoms with Gasteiger partial charge < -0.3 is 0 Å². The topological polar surface area (TPSA) is 55.4 Å².